The van der Waals surface area contributed by atoms with Crippen molar-refractivity contribution in [2.45, 2.75) is 36.6 Å². The number of hydrogen-bond acceptors (Lipinski definition) is 5. The quantitative estimate of drug-likeness (QED) is 0.756. The molecular weight excluding hydrogens is 372 g/mol. The van der Waals surface area contributed by atoms with Crippen LogP contribution in [0, 0.1) is 0 Å². The third kappa shape index (κ3) is 4.39. The van der Waals surface area contributed by atoms with Crippen molar-refractivity contribution in [1.82, 2.24) is 10.2 Å². The Morgan fingerprint density at radius 3 is 2.29 bits per heavy atom. The van der Waals surface area contributed by atoms with Gasteiger partial charge >= 0.3 is 5.97 Å². The number of carbonyl (C=O) groups is 2. The molecule has 0 spiro atoms. The summed E-state index contributed by atoms with van der Waals surface area (Å²) in [4.78, 5) is 27.4. The van der Waals surface area contributed by atoms with Crippen LogP contribution in [0.3, 0.4) is 0 Å². The number of methoxy groups -OCH3 is 1. The molecule has 5 nitrogen and oxygen atoms in total. The highest BCUT2D eigenvalue weighted by atomic mass is 32.2. The summed E-state index contributed by atoms with van der Waals surface area (Å²) in [6.45, 7) is 4.72. The molecule has 1 fully saturated rings. The molecule has 2 aromatic carbocycles. The maximum absolute atomic E-state index is 13.2. The first-order valence-electron chi connectivity index (χ1n) is 9.30. The zero-order valence-corrected chi connectivity index (χ0v) is 17.2. The summed E-state index contributed by atoms with van der Waals surface area (Å²) in [5.41, 5.74) is 2.11. The van der Waals surface area contributed by atoms with E-state index in [0.717, 1.165) is 11.1 Å². The maximum Gasteiger partial charge on any atom is 0.330 e. The highest BCUT2D eigenvalue weighted by Crippen LogP contribution is 2.52. The fourth-order valence-corrected chi connectivity index (χ4v) is 5.07. The van der Waals surface area contributed by atoms with Gasteiger partial charge in [0, 0.05) is 11.3 Å². The van der Waals surface area contributed by atoms with Crippen LogP contribution < -0.4 is 5.32 Å². The molecule has 1 aliphatic heterocycles. The van der Waals surface area contributed by atoms with Gasteiger partial charge in [-0.15, -0.1) is 11.8 Å². The number of nitrogens with zero attached hydrogens (tertiary/aromatic N) is 1. The van der Waals surface area contributed by atoms with Crippen LogP contribution in [0.15, 0.2) is 60.7 Å². The molecule has 0 saturated carbocycles. The van der Waals surface area contributed by atoms with Gasteiger partial charge in [-0.3, -0.25) is 4.79 Å². The van der Waals surface area contributed by atoms with Crippen molar-refractivity contribution in [2.24, 2.45) is 0 Å². The lowest BCUT2D eigenvalue weighted by Crippen LogP contribution is -2.51. The number of benzene rings is 2. The van der Waals surface area contributed by atoms with Gasteiger partial charge in [-0.1, -0.05) is 60.7 Å². The zero-order valence-electron chi connectivity index (χ0n) is 16.4. The summed E-state index contributed by atoms with van der Waals surface area (Å²) in [6, 6.07) is 19.1. The first-order valence-corrected chi connectivity index (χ1v) is 10.2. The zero-order chi connectivity index (χ0) is 20.1. The first-order chi connectivity index (χ1) is 13.4. The average molecular weight is 399 g/mol. The summed E-state index contributed by atoms with van der Waals surface area (Å²) in [5, 5.41) is 2.97. The monoisotopic (exact) mass is 398 g/mol. The van der Waals surface area contributed by atoms with Crippen molar-refractivity contribution in [3.8, 4) is 0 Å². The first kappa shape index (κ1) is 20.4. The van der Waals surface area contributed by atoms with E-state index in [1.165, 1.54) is 7.11 Å². The molecule has 6 heteroatoms. The second-order valence-corrected chi connectivity index (χ2v) is 9.03. The smallest absolute Gasteiger partial charge is 0.330 e. The minimum Gasteiger partial charge on any atom is -0.467 e. The van der Waals surface area contributed by atoms with Crippen LogP contribution >= 0.6 is 11.8 Å². The van der Waals surface area contributed by atoms with Crippen LogP contribution in [0.2, 0.25) is 0 Å². The lowest BCUT2D eigenvalue weighted by molar-refractivity contribution is -0.153. The Balaban J connectivity index is 1.81. The lowest BCUT2D eigenvalue weighted by atomic mass is 10.0. The van der Waals surface area contributed by atoms with Gasteiger partial charge in [-0.25, -0.2) is 4.79 Å². The number of amides is 1. The SMILES string of the molecule is COC(=O)[C@@H]1N(C(=O)CNCc2ccccc2)[C@H](c2ccccc2)SC1(C)C. The Morgan fingerprint density at radius 2 is 1.68 bits per heavy atom. The molecule has 148 valence electrons. The fraction of sp³-hybridized carbons (Fsp3) is 0.364. The normalized spacial score (nSPS) is 20.8. The van der Waals surface area contributed by atoms with Gasteiger partial charge in [-0.05, 0) is 25.0 Å². The third-order valence-corrected chi connectivity index (χ3v) is 6.40. The topological polar surface area (TPSA) is 58.6 Å². The van der Waals surface area contributed by atoms with E-state index < -0.39 is 10.8 Å². The van der Waals surface area contributed by atoms with Crippen LogP contribution in [-0.2, 0) is 20.9 Å². The van der Waals surface area contributed by atoms with E-state index in [9.17, 15) is 9.59 Å². The minimum atomic E-state index is -0.640. The van der Waals surface area contributed by atoms with E-state index in [1.54, 1.807) is 16.7 Å². The average Bonchev–Trinajstić information content (AvgIpc) is 3.00. The molecule has 0 aromatic heterocycles. The number of thioether (sulfide) groups is 1. The number of ether oxygens (including phenoxy) is 1. The molecule has 1 N–H and O–H groups in total. The van der Waals surface area contributed by atoms with Gasteiger partial charge in [0.2, 0.25) is 5.91 Å². The number of esters is 1. The Morgan fingerprint density at radius 1 is 1.07 bits per heavy atom. The molecule has 0 radical (unpaired) electrons. The van der Waals surface area contributed by atoms with Gasteiger partial charge in [0.15, 0.2) is 0 Å². The van der Waals surface area contributed by atoms with Gasteiger partial charge in [0.25, 0.3) is 0 Å². The molecule has 0 unspecified atom stereocenters. The summed E-state index contributed by atoms with van der Waals surface area (Å²) >= 11 is 1.62. The third-order valence-electron chi connectivity index (χ3n) is 4.85. The molecule has 2 aromatic rings. The minimum absolute atomic E-state index is 0.113. The van der Waals surface area contributed by atoms with E-state index in [1.807, 2.05) is 74.5 Å². The van der Waals surface area contributed by atoms with E-state index in [4.69, 9.17) is 4.74 Å². The molecule has 2 atom stereocenters. The molecule has 1 amide bonds. The van der Waals surface area contributed by atoms with E-state index >= 15 is 0 Å². The van der Waals surface area contributed by atoms with Crippen molar-refractivity contribution in [3.05, 3.63) is 71.8 Å². The number of hydrogen-bond donors (Lipinski definition) is 1. The van der Waals surface area contributed by atoms with E-state index in [-0.39, 0.29) is 23.8 Å². The summed E-state index contributed by atoms with van der Waals surface area (Å²) in [7, 11) is 1.37. The van der Waals surface area contributed by atoms with Gasteiger partial charge in [0.05, 0.1) is 13.7 Å². The highest BCUT2D eigenvalue weighted by molar-refractivity contribution is 8.01. The van der Waals surface area contributed by atoms with Crippen molar-refractivity contribution >= 4 is 23.6 Å². The Kier molecular flexibility index (Phi) is 6.42. The summed E-state index contributed by atoms with van der Waals surface area (Å²) in [6.07, 6.45) is 0. The number of carbonyl (C=O) groups excluding carboxylic acids is 2. The van der Waals surface area contributed by atoms with Crippen LogP contribution in [0.4, 0.5) is 0 Å². The summed E-state index contributed by atoms with van der Waals surface area (Å²) < 4.78 is 4.59. The van der Waals surface area contributed by atoms with E-state index in [0.29, 0.717) is 6.54 Å². The van der Waals surface area contributed by atoms with Crippen LogP contribution in [0.1, 0.15) is 30.3 Å². The molecule has 28 heavy (non-hydrogen) atoms. The predicted octanol–water partition coefficient (Wildman–Crippen LogP) is 3.37. The molecule has 3 rings (SSSR count). The van der Waals surface area contributed by atoms with Crippen LogP contribution in [0.5, 0.6) is 0 Å². The second kappa shape index (κ2) is 8.80. The Labute approximate surface area is 170 Å². The maximum atomic E-state index is 13.2. The molecule has 1 heterocycles. The van der Waals surface area contributed by atoms with Gasteiger partial charge in [-0.2, -0.15) is 0 Å². The number of rotatable bonds is 6. The van der Waals surface area contributed by atoms with Crippen molar-refractivity contribution < 1.29 is 14.3 Å². The molecular formula is C22H26N2O3S. The molecule has 0 bridgehead atoms. The van der Waals surface area contributed by atoms with Crippen LogP contribution in [-0.4, -0.2) is 41.2 Å². The fourth-order valence-electron chi connectivity index (χ4n) is 3.51. The van der Waals surface area contributed by atoms with Crippen molar-refractivity contribution in [1.29, 1.82) is 0 Å². The van der Waals surface area contributed by atoms with Gasteiger partial charge in [0.1, 0.15) is 11.4 Å². The van der Waals surface area contributed by atoms with Crippen molar-refractivity contribution in [3.63, 3.8) is 0 Å². The van der Waals surface area contributed by atoms with Crippen LogP contribution in [0.25, 0.3) is 0 Å². The predicted molar refractivity (Wildman–Crippen MR) is 112 cm³/mol. The molecule has 1 saturated heterocycles. The standard InChI is InChI=1S/C22H26N2O3S/c1-22(2)19(21(26)27-3)24(20(28-22)17-12-8-5-9-13-17)18(25)15-23-14-16-10-6-4-7-11-16/h4-13,19-20,23H,14-15H2,1-3H3/t19-,20-/m0/s1. The second-order valence-electron chi connectivity index (χ2n) is 7.30. The van der Waals surface area contributed by atoms with E-state index in [2.05, 4.69) is 5.32 Å². The van der Waals surface area contributed by atoms with Gasteiger partial charge < -0.3 is 15.0 Å². The Hall–Kier alpha value is -2.31. The molecule has 1 aliphatic rings. The highest BCUT2D eigenvalue weighted by Gasteiger charge is 2.53. The lowest BCUT2D eigenvalue weighted by Gasteiger charge is -2.31. The molecule has 0 aliphatic carbocycles. The van der Waals surface area contributed by atoms with Crippen molar-refractivity contribution in [2.75, 3.05) is 13.7 Å². The summed E-state index contributed by atoms with van der Waals surface area (Å²) in [5.74, 6) is -0.495. The Bertz CT molecular complexity index is 811. The largest absolute Gasteiger partial charge is 0.467 e. The number of nitrogens with one attached hydrogen (secondary N) is 1.